The maximum atomic E-state index is 11.3. The van der Waals surface area contributed by atoms with E-state index in [-0.39, 0.29) is 6.04 Å². The number of carboxylic acid groups (broad SMARTS) is 1. The van der Waals surface area contributed by atoms with Gasteiger partial charge in [-0.3, -0.25) is 9.69 Å². The maximum Gasteiger partial charge on any atom is 0.320 e. The monoisotopic (exact) mass is 225 g/mol. The highest BCUT2D eigenvalue weighted by Gasteiger charge is 2.38. The van der Waals surface area contributed by atoms with Gasteiger partial charge in [0.25, 0.3) is 0 Å². The van der Waals surface area contributed by atoms with E-state index in [1.807, 2.05) is 6.92 Å². The van der Waals surface area contributed by atoms with E-state index in [0.29, 0.717) is 6.04 Å². The Morgan fingerprint density at radius 3 is 2.69 bits per heavy atom. The average Bonchev–Trinajstić information content (AvgIpc) is 2.30. The number of carbonyl (C=O) groups is 1. The molecular weight excluding hydrogens is 202 g/mol. The molecule has 92 valence electrons. The van der Waals surface area contributed by atoms with Crippen LogP contribution in [0.4, 0.5) is 0 Å². The standard InChI is InChI=1S/C13H23NO2/c1-2-11(13(15)16)14-9-5-7-10-6-3-4-8-12(10)14/h10-12H,2-9H2,1H3,(H,15,16). The Hall–Kier alpha value is -0.570. The number of piperidine rings is 1. The summed E-state index contributed by atoms with van der Waals surface area (Å²) in [6, 6.07) is 0.314. The van der Waals surface area contributed by atoms with Gasteiger partial charge in [0.05, 0.1) is 0 Å². The molecule has 16 heavy (non-hydrogen) atoms. The van der Waals surface area contributed by atoms with Crippen molar-refractivity contribution in [3.05, 3.63) is 0 Å². The van der Waals surface area contributed by atoms with Gasteiger partial charge in [-0.25, -0.2) is 0 Å². The molecule has 1 saturated carbocycles. The molecule has 1 N–H and O–H groups in total. The predicted molar refractivity (Wildman–Crippen MR) is 63.4 cm³/mol. The van der Waals surface area contributed by atoms with Crippen LogP contribution < -0.4 is 0 Å². The molecule has 1 aliphatic heterocycles. The average molecular weight is 225 g/mol. The molecule has 1 heterocycles. The van der Waals surface area contributed by atoms with E-state index in [1.54, 1.807) is 0 Å². The molecular formula is C13H23NO2. The van der Waals surface area contributed by atoms with Gasteiger partial charge in [-0.1, -0.05) is 19.8 Å². The second-order valence-corrected chi connectivity index (χ2v) is 5.25. The van der Waals surface area contributed by atoms with E-state index in [2.05, 4.69) is 4.90 Å². The molecule has 2 rings (SSSR count). The maximum absolute atomic E-state index is 11.3. The Kier molecular flexibility index (Phi) is 3.85. The number of rotatable bonds is 3. The Balaban J connectivity index is 2.09. The zero-order valence-electron chi connectivity index (χ0n) is 10.2. The molecule has 3 heteroatoms. The number of nitrogens with zero attached hydrogens (tertiary/aromatic N) is 1. The largest absolute Gasteiger partial charge is 0.480 e. The van der Waals surface area contributed by atoms with Crippen LogP contribution in [0, 0.1) is 5.92 Å². The quantitative estimate of drug-likeness (QED) is 0.802. The summed E-state index contributed by atoms with van der Waals surface area (Å²) in [7, 11) is 0. The fourth-order valence-corrected chi connectivity index (χ4v) is 3.60. The summed E-state index contributed by atoms with van der Waals surface area (Å²) in [5.74, 6) is 0.143. The molecule has 3 nitrogen and oxygen atoms in total. The summed E-state index contributed by atoms with van der Waals surface area (Å²) in [5.41, 5.74) is 0. The number of hydrogen-bond donors (Lipinski definition) is 1. The van der Waals surface area contributed by atoms with E-state index < -0.39 is 5.97 Å². The molecule has 0 amide bonds. The summed E-state index contributed by atoms with van der Waals surface area (Å²) in [6.45, 7) is 2.98. The van der Waals surface area contributed by atoms with Crippen molar-refractivity contribution in [1.29, 1.82) is 0 Å². The second-order valence-electron chi connectivity index (χ2n) is 5.25. The van der Waals surface area contributed by atoms with Crippen LogP contribution in [0.3, 0.4) is 0 Å². The lowest BCUT2D eigenvalue weighted by atomic mass is 9.77. The summed E-state index contributed by atoms with van der Waals surface area (Å²) in [4.78, 5) is 13.5. The van der Waals surface area contributed by atoms with Gasteiger partial charge in [0, 0.05) is 6.04 Å². The Morgan fingerprint density at radius 1 is 1.31 bits per heavy atom. The number of likely N-dealkylation sites (tertiary alicyclic amines) is 1. The van der Waals surface area contributed by atoms with Crippen molar-refractivity contribution in [3.63, 3.8) is 0 Å². The smallest absolute Gasteiger partial charge is 0.320 e. The third kappa shape index (κ3) is 2.24. The van der Waals surface area contributed by atoms with Gasteiger partial charge in [-0.2, -0.15) is 0 Å². The molecule has 0 aromatic heterocycles. The Bertz CT molecular complexity index is 252. The highest BCUT2D eigenvalue weighted by atomic mass is 16.4. The third-order valence-corrected chi connectivity index (χ3v) is 4.36. The van der Waals surface area contributed by atoms with Gasteiger partial charge in [-0.15, -0.1) is 0 Å². The van der Waals surface area contributed by atoms with Crippen LogP contribution in [0.15, 0.2) is 0 Å². The van der Waals surface area contributed by atoms with Crippen molar-refractivity contribution in [1.82, 2.24) is 4.90 Å². The molecule has 2 fully saturated rings. The lowest BCUT2D eigenvalue weighted by Crippen LogP contribution is -2.53. The van der Waals surface area contributed by atoms with E-state index in [4.69, 9.17) is 0 Å². The summed E-state index contributed by atoms with van der Waals surface area (Å²) in [6.07, 6.45) is 8.40. The van der Waals surface area contributed by atoms with E-state index in [9.17, 15) is 9.90 Å². The van der Waals surface area contributed by atoms with Crippen molar-refractivity contribution < 1.29 is 9.90 Å². The molecule has 0 spiro atoms. The lowest BCUT2D eigenvalue weighted by molar-refractivity contribution is -0.146. The van der Waals surface area contributed by atoms with Crippen molar-refractivity contribution >= 4 is 5.97 Å². The first-order valence-electron chi connectivity index (χ1n) is 6.72. The second kappa shape index (κ2) is 5.17. The fourth-order valence-electron chi connectivity index (χ4n) is 3.60. The van der Waals surface area contributed by atoms with Gasteiger partial charge < -0.3 is 5.11 Å². The molecule has 1 aliphatic carbocycles. The van der Waals surface area contributed by atoms with Crippen LogP contribution in [-0.2, 0) is 4.79 Å². The normalized spacial score (nSPS) is 33.1. The fraction of sp³-hybridized carbons (Fsp3) is 0.923. The summed E-state index contributed by atoms with van der Waals surface area (Å²) in [5, 5.41) is 9.27. The van der Waals surface area contributed by atoms with Crippen LogP contribution in [0.2, 0.25) is 0 Å². The van der Waals surface area contributed by atoms with E-state index >= 15 is 0 Å². The minimum Gasteiger partial charge on any atom is -0.480 e. The molecule has 3 atom stereocenters. The lowest BCUT2D eigenvalue weighted by Gasteiger charge is -2.46. The molecule has 0 aromatic carbocycles. The topological polar surface area (TPSA) is 40.5 Å². The van der Waals surface area contributed by atoms with Crippen molar-refractivity contribution in [2.75, 3.05) is 6.54 Å². The molecule has 3 unspecified atom stereocenters. The van der Waals surface area contributed by atoms with Crippen LogP contribution in [-0.4, -0.2) is 34.6 Å². The first-order chi connectivity index (χ1) is 7.74. The third-order valence-electron chi connectivity index (χ3n) is 4.36. The zero-order chi connectivity index (χ0) is 11.5. The van der Waals surface area contributed by atoms with Crippen LogP contribution in [0.25, 0.3) is 0 Å². The molecule has 2 aliphatic rings. The molecule has 1 saturated heterocycles. The van der Waals surface area contributed by atoms with Crippen molar-refractivity contribution in [2.24, 2.45) is 5.92 Å². The van der Waals surface area contributed by atoms with Crippen LogP contribution >= 0.6 is 0 Å². The molecule has 0 aromatic rings. The first kappa shape index (κ1) is 11.9. The summed E-state index contributed by atoms with van der Waals surface area (Å²) < 4.78 is 0. The van der Waals surface area contributed by atoms with Crippen molar-refractivity contribution in [2.45, 2.75) is 64.0 Å². The highest BCUT2D eigenvalue weighted by molar-refractivity contribution is 5.73. The van der Waals surface area contributed by atoms with Gasteiger partial charge in [-0.05, 0) is 44.6 Å². The summed E-state index contributed by atoms with van der Waals surface area (Å²) >= 11 is 0. The number of fused-ring (bicyclic) bond motifs is 1. The van der Waals surface area contributed by atoms with Crippen molar-refractivity contribution in [3.8, 4) is 0 Å². The SMILES string of the molecule is CCC(C(=O)O)N1CCCC2CCCCC21. The number of hydrogen-bond acceptors (Lipinski definition) is 2. The predicted octanol–water partition coefficient (Wildman–Crippen LogP) is 2.50. The van der Waals surface area contributed by atoms with Gasteiger partial charge in [0.15, 0.2) is 0 Å². The number of aliphatic carboxylic acids is 1. The van der Waals surface area contributed by atoms with Gasteiger partial charge >= 0.3 is 5.97 Å². The molecule has 0 radical (unpaired) electrons. The first-order valence-corrected chi connectivity index (χ1v) is 6.72. The highest BCUT2D eigenvalue weighted by Crippen LogP contribution is 2.36. The minimum atomic E-state index is -0.631. The van der Waals surface area contributed by atoms with Gasteiger partial charge in [0.1, 0.15) is 6.04 Å². The van der Waals surface area contributed by atoms with Gasteiger partial charge in [0.2, 0.25) is 0 Å². The van der Waals surface area contributed by atoms with Crippen LogP contribution in [0.5, 0.6) is 0 Å². The van der Waals surface area contributed by atoms with E-state index in [0.717, 1.165) is 18.9 Å². The number of carboxylic acids is 1. The minimum absolute atomic E-state index is 0.245. The van der Waals surface area contributed by atoms with E-state index in [1.165, 1.54) is 38.5 Å². The Labute approximate surface area is 97.8 Å². The van der Waals surface area contributed by atoms with Crippen LogP contribution in [0.1, 0.15) is 51.9 Å². The Morgan fingerprint density at radius 2 is 2.00 bits per heavy atom. The zero-order valence-corrected chi connectivity index (χ0v) is 10.2. The molecule has 0 bridgehead atoms.